The number of anilines is 1. The first-order valence-electron chi connectivity index (χ1n) is 10.2. The number of ether oxygens (including phenoxy) is 1. The molecule has 30 heavy (non-hydrogen) atoms. The first kappa shape index (κ1) is 21.4. The topological polar surface area (TPSA) is 87.7 Å². The SMILES string of the molecule is CCOC(=O)CCNC(=O)NCc1ccc2c(c1)N(C(=O)c1cccc(C)c1)CC2. The lowest BCUT2D eigenvalue weighted by molar-refractivity contribution is -0.142. The zero-order valence-electron chi connectivity index (χ0n) is 17.4. The first-order valence-corrected chi connectivity index (χ1v) is 10.2. The van der Waals surface area contributed by atoms with E-state index in [1.165, 1.54) is 0 Å². The fourth-order valence-electron chi connectivity index (χ4n) is 3.44. The minimum atomic E-state index is -0.354. The van der Waals surface area contributed by atoms with Crippen molar-refractivity contribution in [2.75, 3.05) is 24.6 Å². The maximum atomic E-state index is 13.0. The molecule has 0 spiro atoms. The monoisotopic (exact) mass is 409 g/mol. The van der Waals surface area contributed by atoms with E-state index in [0.717, 1.165) is 28.8 Å². The number of esters is 1. The minimum Gasteiger partial charge on any atom is -0.466 e. The average molecular weight is 409 g/mol. The van der Waals surface area contributed by atoms with Gasteiger partial charge < -0.3 is 20.3 Å². The van der Waals surface area contributed by atoms with Crippen molar-refractivity contribution in [2.45, 2.75) is 33.2 Å². The zero-order valence-corrected chi connectivity index (χ0v) is 17.4. The summed E-state index contributed by atoms with van der Waals surface area (Å²) in [4.78, 5) is 38.0. The molecule has 2 aromatic rings. The van der Waals surface area contributed by atoms with Crippen LogP contribution < -0.4 is 15.5 Å². The number of hydrogen-bond acceptors (Lipinski definition) is 4. The third kappa shape index (κ3) is 5.37. The van der Waals surface area contributed by atoms with Gasteiger partial charge in [-0.3, -0.25) is 9.59 Å². The number of hydrogen-bond donors (Lipinski definition) is 2. The molecule has 1 aliphatic heterocycles. The van der Waals surface area contributed by atoms with E-state index in [2.05, 4.69) is 10.6 Å². The van der Waals surface area contributed by atoms with Crippen molar-refractivity contribution in [1.82, 2.24) is 10.6 Å². The van der Waals surface area contributed by atoms with Crippen LogP contribution in [0.15, 0.2) is 42.5 Å². The molecule has 0 aromatic heterocycles. The van der Waals surface area contributed by atoms with Gasteiger partial charge in [0.15, 0.2) is 0 Å². The van der Waals surface area contributed by atoms with Gasteiger partial charge >= 0.3 is 12.0 Å². The minimum absolute atomic E-state index is 0.0146. The molecule has 0 aliphatic carbocycles. The van der Waals surface area contributed by atoms with Crippen molar-refractivity contribution in [3.63, 3.8) is 0 Å². The second-order valence-electron chi connectivity index (χ2n) is 7.20. The van der Waals surface area contributed by atoms with Gasteiger partial charge in [0, 0.05) is 30.9 Å². The number of aryl methyl sites for hydroxylation is 1. The number of amides is 3. The molecule has 3 amide bonds. The number of benzene rings is 2. The first-order chi connectivity index (χ1) is 14.5. The van der Waals surface area contributed by atoms with Crippen molar-refractivity contribution in [2.24, 2.45) is 0 Å². The van der Waals surface area contributed by atoms with Gasteiger partial charge in [-0.25, -0.2) is 4.79 Å². The molecule has 1 heterocycles. The Hall–Kier alpha value is -3.35. The molecular weight excluding hydrogens is 382 g/mol. The number of carbonyl (C=O) groups excluding carboxylic acids is 3. The lowest BCUT2D eigenvalue weighted by Gasteiger charge is -2.18. The quantitative estimate of drug-likeness (QED) is 0.689. The van der Waals surface area contributed by atoms with Crippen LogP contribution in [0.2, 0.25) is 0 Å². The molecule has 0 saturated heterocycles. The average Bonchev–Trinajstić information content (AvgIpc) is 3.15. The van der Waals surface area contributed by atoms with Gasteiger partial charge in [-0.1, -0.05) is 29.8 Å². The molecule has 2 aromatic carbocycles. The van der Waals surface area contributed by atoms with Crippen LogP contribution in [0.1, 0.15) is 40.4 Å². The number of fused-ring (bicyclic) bond motifs is 1. The maximum absolute atomic E-state index is 13.0. The molecule has 3 rings (SSSR count). The summed E-state index contributed by atoms with van der Waals surface area (Å²) in [6.45, 7) is 5.22. The Bertz CT molecular complexity index is 942. The molecule has 0 unspecified atom stereocenters. The Labute approximate surface area is 176 Å². The summed E-state index contributed by atoms with van der Waals surface area (Å²) in [5.41, 5.74) is 4.64. The highest BCUT2D eigenvalue weighted by Crippen LogP contribution is 2.30. The van der Waals surface area contributed by atoms with Crippen LogP contribution >= 0.6 is 0 Å². The van der Waals surface area contributed by atoms with Crippen LogP contribution in [0.3, 0.4) is 0 Å². The fraction of sp³-hybridized carbons (Fsp3) is 0.348. The van der Waals surface area contributed by atoms with E-state index >= 15 is 0 Å². The van der Waals surface area contributed by atoms with Crippen LogP contribution in [0.5, 0.6) is 0 Å². The number of nitrogens with zero attached hydrogens (tertiary/aromatic N) is 1. The van der Waals surface area contributed by atoms with Gasteiger partial charge in [-0.15, -0.1) is 0 Å². The van der Waals surface area contributed by atoms with E-state index in [9.17, 15) is 14.4 Å². The Morgan fingerprint density at radius 3 is 2.70 bits per heavy atom. The van der Waals surface area contributed by atoms with Crippen molar-refractivity contribution in [1.29, 1.82) is 0 Å². The van der Waals surface area contributed by atoms with Crippen molar-refractivity contribution >= 4 is 23.6 Å². The zero-order chi connectivity index (χ0) is 21.5. The van der Waals surface area contributed by atoms with Crippen LogP contribution in [0.4, 0.5) is 10.5 Å². The smallest absolute Gasteiger partial charge is 0.315 e. The normalized spacial score (nSPS) is 12.3. The molecular formula is C23H27N3O4. The van der Waals surface area contributed by atoms with Gasteiger partial charge in [0.1, 0.15) is 0 Å². The lowest BCUT2D eigenvalue weighted by atomic mass is 10.1. The summed E-state index contributed by atoms with van der Waals surface area (Å²) >= 11 is 0. The number of nitrogens with one attached hydrogen (secondary N) is 2. The Morgan fingerprint density at radius 1 is 1.10 bits per heavy atom. The number of rotatable bonds is 7. The third-order valence-corrected chi connectivity index (χ3v) is 4.93. The van der Waals surface area contributed by atoms with Gasteiger partial charge in [-0.05, 0) is 49.6 Å². The van der Waals surface area contributed by atoms with Gasteiger partial charge in [-0.2, -0.15) is 0 Å². The molecule has 7 nitrogen and oxygen atoms in total. The highest BCUT2D eigenvalue weighted by atomic mass is 16.5. The Balaban J connectivity index is 1.58. The van der Waals surface area contributed by atoms with E-state index in [0.29, 0.717) is 25.3 Å². The summed E-state index contributed by atoms with van der Waals surface area (Å²) in [7, 11) is 0. The van der Waals surface area contributed by atoms with E-state index in [4.69, 9.17) is 4.74 Å². The molecule has 7 heteroatoms. The molecule has 158 valence electrons. The molecule has 0 radical (unpaired) electrons. The largest absolute Gasteiger partial charge is 0.466 e. The van der Waals surface area contributed by atoms with Gasteiger partial charge in [0.25, 0.3) is 5.91 Å². The Morgan fingerprint density at radius 2 is 1.93 bits per heavy atom. The summed E-state index contributed by atoms with van der Waals surface area (Å²) in [5, 5.41) is 5.41. The lowest BCUT2D eigenvalue weighted by Crippen LogP contribution is -2.36. The predicted octanol–water partition coefficient (Wildman–Crippen LogP) is 2.95. The second kappa shape index (κ2) is 9.91. The van der Waals surface area contributed by atoms with E-state index < -0.39 is 0 Å². The predicted molar refractivity (Wildman–Crippen MR) is 114 cm³/mol. The molecule has 0 bridgehead atoms. The summed E-state index contributed by atoms with van der Waals surface area (Å²) in [6, 6.07) is 13.2. The summed E-state index contributed by atoms with van der Waals surface area (Å²) in [6.07, 6.45) is 0.949. The molecule has 2 N–H and O–H groups in total. The molecule has 0 fully saturated rings. The highest BCUT2D eigenvalue weighted by Gasteiger charge is 2.25. The van der Waals surface area contributed by atoms with E-state index in [1.54, 1.807) is 11.8 Å². The summed E-state index contributed by atoms with van der Waals surface area (Å²) < 4.78 is 4.82. The fourth-order valence-corrected chi connectivity index (χ4v) is 3.44. The van der Waals surface area contributed by atoms with Crippen molar-refractivity contribution < 1.29 is 19.1 Å². The second-order valence-corrected chi connectivity index (χ2v) is 7.20. The standard InChI is InChI=1S/C23H27N3O4/c1-3-30-21(27)9-11-24-23(29)25-15-17-7-8-18-10-12-26(20(18)14-17)22(28)19-6-4-5-16(2)13-19/h4-8,13-14H,3,9-12,15H2,1-2H3,(H2,24,25,29). The van der Waals surface area contributed by atoms with Crippen molar-refractivity contribution in [3.8, 4) is 0 Å². The van der Waals surface area contributed by atoms with Crippen LogP contribution in [0.25, 0.3) is 0 Å². The van der Waals surface area contributed by atoms with Crippen LogP contribution in [-0.2, 0) is 22.5 Å². The molecule has 0 atom stereocenters. The van der Waals surface area contributed by atoms with Crippen molar-refractivity contribution in [3.05, 3.63) is 64.7 Å². The molecule has 1 aliphatic rings. The number of carbonyl (C=O) groups is 3. The third-order valence-electron chi connectivity index (χ3n) is 4.93. The van der Waals surface area contributed by atoms with E-state index in [-0.39, 0.29) is 30.9 Å². The van der Waals surface area contributed by atoms with E-state index in [1.807, 2.05) is 49.4 Å². The maximum Gasteiger partial charge on any atom is 0.315 e. The van der Waals surface area contributed by atoms with Gasteiger partial charge in [0.05, 0.1) is 13.0 Å². The molecule has 0 saturated carbocycles. The Kier molecular flexibility index (Phi) is 7.06. The highest BCUT2D eigenvalue weighted by molar-refractivity contribution is 6.07. The van der Waals surface area contributed by atoms with Gasteiger partial charge in [0.2, 0.25) is 0 Å². The summed E-state index contributed by atoms with van der Waals surface area (Å²) in [5.74, 6) is -0.353. The van der Waals surface area contributed by atoms with Crippen LogP contribution in [0, 0.1) is 6.92 Å². The number of urea groups is 1. The van der Waals surface area contributed by atoms with Crippen LogP contribution in [-0.4, -0.2) is 37.6 Å².